The van der Waals surface area contributed by atoms with Gasteiger partial charge in [0.05, 0.1) is 5.69 Å². The van der Waals surface area contributed by atoms with Crippen molar-refractivity contribution in [3.05, 3.63) is 95.6 Å². The Kier molecular flexibility index (Phi) is 8.16. The third-order valence-electron chi connectivity index (χ3n) is 7.45. The molecule has 6 heteroatoms. The number of carbonyl (C=O) groups is 2. The van der Waals surface area contributed by atoms with Crippen LogP contribution < -0.4 is 15.0 Å². The van der Waals surface area contributed by atoms with Crippen molar-refractivity contribution in [3.63, 3.8) is 0 Å². The van der Waals surface area contributed by atoms with Gasteiger partial charge in [0.15, 0.2) is 6.61 Å². The smallest absolute Gasteiger partial charge is 0.265 e. The number of fused-ring (bicyclic) bond motifs is 1. The summed E-state index contributed by atoms with van der Waals surface area (Å²) in [5.74, 6) is 1.18. The topological polar surface area (TPSA) is 61.9 Å². The van der Waals surface area contributed by atoms with E-state index in [1.165, 1.54) is 5.56 Å². The summed E-state index contributed by atoms with van der Waals surface area (Å²) >= 11 is 0. The molecular weight excluding hydrogens is 462 g/mol. The predicted molar refractivity (Wildman–Crippen MR) is 146 cm³/mol. The number of ether oxygens (including phenoxy) is 1. The Morgan fingerprint density at radius 1 is 0.892 bits per heavy atom. The van der Waals surface area contributed by atoms with E-state index in [2.05, 4.69) is 40.5 Å². The molecule has 2 heterocycles. The number of piperidine rings is 1. The minimum Gasteiger partial charge on any atom is -0.482 e. The van der Waals surface area contributed by atoms with Crippen LogP contribution in [0.3, 0.4) is 0 Å². The normalized spacial score (nSPS) is 16.2. The van der Waals surface area contributed by atoms with E-state index in [4.69, 9.17) is 4.74 Å². The van der Waals surface area contributed by atoms with E-state index in [1.807, 2.05) is 53.4 Å². The van der Waals surface area contributed by atoms with Gasteiger partial charge in [0.2, 0.25) is 0 Å². The number of anilines is 1. The Labute approximate surface area is 219 Å². The van der Waals surface area contributed by atoms with Crippen molar-refractivity contribution >= 4 is 17.5 Å². The van der Waals surface area contributed by atoms with Gasteiger partial charge in [-0.1, -0.05) is 60.7 Å². The Balaban J connectivity index is 1.12. The van der Waals surface area contributed by atoms with Crippen molar-refractivity contribution in [2.24, 2.45) is 0 Å². The van der Waals surface area contributed by atoms with Gasteiger partial charge in [0, 0.05) is 25.2 Å². The van der Waals surface area contributed by atoms with Gasteiger partial charge in [0.1, 0.15) is 5.75 Å². The van der Waals surface area contributed by atoms with E-state index < -0.39 is 0 Å². The minimum absolute atomic E-state index is 0.0114. The molecule has 5 rings (SSSR count). The summed E-state index contributed by atoms with van der Waals surface area (Å²) in [5.41, 5.74) is 4.11. The zero-order valence-corrected chi connectivity index (χ0v) is 21.3. The summed E-state index contributed by atoms with van der Waals surface area (Å²) < 4.78 is 5.56. The number of nitrogens with zero attached hydrogens (tertiary/aromatic N) is 2. The first kappa shape index (κ1) is 25.0. The van der Waals surface area contributed by atoms with E-state index in [1.54, 1.807) is 0 Å². The SMILES string of the molecule is O=C(NCCCc1ccccc1)c1ccccc1C1CCN(CCN2C(=O)COc3ccccc32)CC1. The fourth-order valence-corrected chi connectivity index (χ4v) is 5.40. The van der Waals surface area contributed by atoms with E-state index in [9.17, 15) is 9.59 Å². The number of para-hydroxylation sites is 2. The molecule has 192 valence electrons. The number of nitrogens with one attached hydrogen (secondary N) is 1. The second-order valence-corrected chi connectivity index (χ2v) is 9.85. The average Bonchev–Trinajstić information content (AvgIpc) is 2.95. The zero-order chi connectivity index (χ0) is 25.5. The molecule has 6 nitrogen and oxygen atoms in total. The first-order valence-corrected chi connectivity index (χ1v) is 13.3. The van der Waals surface area contributed by atoms with Crippen molar-refractivity contribution in [1.29, 1.82) is 0 Å². The van der Waals surface area contributed by atoms with Crippen LogP contribution in [0.1, 0.15) is 46.7 Å². The molecule has 0 unspecified atom stereocenters. The highest BCUT2D eigenvalue weighted by atomic mass is 16.5. The molecular formula is C31H35N3O3. The first-order chi connectivity index (χ1) is 18.2. The lowest BCUT2D eigenvalue weighted by atomic mass is 9.86. The zero-order valence-electron chi connectivity index (χ0n) is 21.3. The Morgan fingerprint density at radius 2 is 1.62 bits per heavy atom. The Morgan fingerprint density at radius 3 is 2.46 bits per heavy atom. The van der Waals surface area contributed by atoms with Crippen molar-refractivity contribution < 1.29 is 14.3 Å². The molecule has 2 aliphatic rings. The third kappa shape index (κ3) is 6.20. The number of likely N-dealkylation sites (tertiary alicyclic amines) is 1. The third-order valence-corrected chi connectivity index (χ3v) is 7.45. The largest absolute Gasteiger partial charge is 0.482 e. The minimum atomic E-state index is 0.0114. The molecule has 1 fully saturated rings. The fourth-order valence-electron chi connectivity index (χ4n) is 5.40. The van der Waals surface area contributed by atoms with Crippen molar-refractivity contribution in [2.45, 2.75) is 31.6 Å². The molecule has 0 saturated carbocycles. The number of benzene rings is 3. The quantitative estimate of drug-likeness (QED) is 0.437. The summed E-state index contributed by atoms with van der Waals surface area (Å²) in [4.78, 5) is 29.8. The standard InChI is InChI=1S/C31H35N3O3/c35-30-23-37-29-15-7-6-14-28(29)34(30)22-21-33-19-16-25(17-20-33)26-12-4-5-13-27(26)31(36)32-18-8-11-24-9-2-1-3-10-24/h1-7,9-10,12-15,25H,8,11,16-23H2,(H,32,36). The molecule has 3 aromatic rings. The van der Waals surface area contributed by atoms with E-state index in [-0.39, 0.29) is 18.4 Å². The van der Waals surface area contributed by atoms with Crippen LogP contribution in [-0.4, -0.2) is 56.0 Å². The van der Waals surface area contributed by atoms with Crippen molar-refractivity contribution in [1.82, 2.24) is 10.2 Å². The molecule has 37 heavy (non-hydrogen) atoms. The lowest BCUT2D eigenvalue weighted by Crippen LogP contribution is -2.45. The van der Waals surface area contributed by atoms with Gasteiger partial charge in [-0.2, -0.15) is 0 Å². The number of amides is 2. The van der Waals surface area contributed by atoms with Gasteiger partial charge in [-0.25, -0.2) is 0 Å². The molecule has 2 aliphatic heterocycles. The van der Waals surface area contributed by atoms with Crippen LogP contribution in [0.15, 0.2) is 78.9 Å². The van der Waals surface area contributed by atoms with Crippen LogP contribution >= 0.6 is 0 Å². The maximum absolute atomic E-state index is 13.0. The van der Waals surface area contributed by atoms with Gasteiger partial charge < -0.3 is 19.9 Å². The second-order valence-electron chi connectivity index (χ2n) is 9.85. The summed E-state index contributed by atoms with van der Waals surface area (Å²) in [6.07, 6.45) is 3.90. The highest BCUT2D eigenvalue weighted by Crippen LogP contribution is 2.33. The molecule has 0 aromatic heterocycles. The summed E-state index contributed by atoms with van der Waals surface area (Å²) in [5, 5.41) is 3.13. The monoisotopic (exact) mass is 497 g/mol. The van der Waals surface area contributed by atoms with Gasteiger partial charge in [-0.05, 0) is 74.0 Å². The van der Waals surface area contributed by atoms with Crippen LogP contribution in [0.25, 0.3) is 0 Å². The first-order valence-electron chi connectivity index (χ1n) is 13.3. The highest BCUT2D eigenvalue weighted by molar-refractivity contribution is 5.97. The van der Waals surface area contributed by atoms with Gasteiger partial charge >= 0.3 is 0 Å². The predicted octanol–water partition coefficient (Wildman–Crippen LogP) is 4.65. The number of carbonyl (C=O) groups excluding carboxylic acids is 2. The lowest BCUT2D eigenvalue weighted by Gasteiger charge is -2.35. The van der Waals surface area contributed by atoms with Crippen molar-refractivity contribution in [3.8, 4) is 5.75 Å². The molecule has 3 aromatic carbocycles. The molecule has 1 N–H and O–H groups in total. The van der Waals surface area contributed by atoms with Crippen LogP contribution in [0, 0.1) is 0 Å². The number of hydrogen-bond donors (Lipinski definition) is 1. The van der Waals surface area contributed by atoms with Gasteiger partial charge in [0.25, 0.3) is 11.8 Å². The molecule has 0 spiro atoms. The van der Waals surface area contributed by atoms with Crippen LogP contribution in [0.2, 0.25) is 0 Å². The van der Waals surface area contributed by atoms with Gasteiger partial charge in [-0.15, -0.1) is 0 Å². The van der Waals surface area contributed by atoms with Crippen molar-refractivity contribution in [2.75, 3.05) is 44.2 Å². The number of rotatable bonds is 9. The van der Waals surface area contributed by atoms with E-state index >= 15 is 0 Å². The van der Waals surface area contributed by atoms with Gasteiger partial charge in [-0.3, -0.25) is 9.59 Å². The number of aryl methyl sites for hydroxylation is 1. The van der Waals surface area contributed by atoms with Crippen LogP contribution in [0.4, 0.5) is 5.69 Å². The maximum atomic E-state index is 13.0. The molecule has 0 radical (unpaired) electrons. The Hall–Kier alpha value is -3.64. The summed E-state index contributed by atoms with van der Waals surface area (Å²) in [6, 6.07) is 26.2. The Bertz CT molecular complexity index is 1210. The van der Waals surface area contributed by atoms with E-state index in [0.717, 1.165) is 67.9 Å². The van der Waals surface area contributed by atoms with Crippen LogP contribution in [0.5, 0.6) is 5.75 Å². The molecule has 0 atom stereocenters. The average molecular weight is 498 g/mol. The molecule has 1 saturated heterocycles. The molecule has 0 bridgehead atoms. The summed E-state index contributed by atoms with van der Waals surface area (Å²) in [7, 11) is 0. The maximum Gasteiger partial charge on any atom is 0.265 e. The fraction of sp³-hybridized carbons (Fsp3) is 0.355. The van der Waals surface area contributed by atoms with E-state index in [0.29, 0.717) is 19.0 Å². The number of hydrogen-bond acceptors (Lipinski definition) is 4. The summed E-state index contributed by atoms with van der Waals surface area (Å²) in [6.45, 7) is 4.17. The van der Waals surface area contributed by atoms with Crippen LogP contribution in [-0.2, 0) is 11.2 Å². The molecule has 2 amide bonds. The molecule has 0 aliphatic carbocycles. The second kappa shape index (κ2) is 12.1. The lowest BCUT2D eigenvalue weighted by molar-refractivity contribution is -0.121. The highest BCUT2D eigenvalue weighted by Gasteiger charge is 2.28.